The highest BCUT2D eigenvalue weighted by Gasteiger charge is 2.36. The molecule has 2 aliphatic rings. The summed E-state index contributed by atoms with van der Waals surface area (Å²) in [5.41, 5.74) is 1.99. The van der Waals surface area contributed by atoms with Crippen LogP contribution in [0.5, 0.6) is 0 Å². The molecule has 0 unspecified atom stereocenters. The number of carbonyl (C=O) groups excluding carboxylic acids is 1. The van der Waals surface area contributed by atoms with Gasteiger partial charge in [-0.3, -0.25) is 4.79 Å². The third-order valence-corrected chi connectivity index (χ3v) is 4.67. The molecule has 0 N–H and O–H groups in total. The average molecular weight is 308 g/mol. The van der Waals surface area contributed by atoms with Gasteiger partial charge in [-0.15, -0.1) is 0 Å². The van der Waals surface area contributed by atoms with Gasteiger partial charge in [0.25, 0.3) is 5.91 Å². The zero-order valence-electron chi connectivity index (χ0n) is 10.7. The first-order chi connectivity index (χ1) is 8.65. The number of nitrogens with zero attached hydrogens (tertiary/aromatic N) is 1. The van der Waals surface area contributed by atoms with Crippen molar-refractivity contribution < 1.29 is 4.79 Å². The van der Waals surface area contributed by atoms with Crippen LogP contribution < -0.4 is 0 Å². The number of benzene rings is 1. The summed E-state index contributed by atoms with van der Waals surface area (Å²) in [6.07, 6.45) is 4.97. The molecule has 0 bridgehead atoms. The van der Waals surface area contributed by atoms with Gasteiger partial charge in [-0.25, -0.2) is 0 Å². The monoisotopic (exact) mass is 307 g/mol. The molecule has 1 amide bonds. The van der Waals surface area contributed by atoms with E-state index >= 15 is 0 Å². The van der Waals surface area contributed by atoms with Gasteiger partial charge in [-0.2, -0.15) is 0 Å². The summed E-state index contributed by atoms with van der Waals surface area (Å²) in [5, 5.41) is 0. The predicted molar refractivity (Wildman–Crippen MR) is 75.7 cm³/mol. The van der Waals surface area contributed by atoms with Crippen molar-refractivity contribution in [3.8, 4) is 0 Å². The predicted octanol–water partition coefficient (Wildman–Crippen LogP) is 3.77. The third-order valence-electron chi connectivity index (χ3n) is 3.82. The molecule has 2 saturated carbocycles. The smallest absolute Gasteiger partial charge is 0.254 e. The third kappa shape index (κ3) is 2.61. The first-order valence-electron chi connectivity index (χ1n) is 6.72. The van der Waals surface area contributed by atoms with Gasteiger partial charge in [0.05, 0.1) is 0 Å². The summed E-state index contributed by atoms with van der Waals surface area (Å²) in [4.78, 5) is 14.7. The van der Waals surface area contributed by atoms with Crippen LogP contribution in [0.25, 0.3) is 0 Å². The van der Waals surface area contributed by atoms with Crippen LogP contribution >= 0.6 is 15.9 Å². The van der Waals surface area contributed by atoms with Crippen LogP contribution in [0.15, 0.2) is 22.7 Å². The zero-order valence-corrected chi connectivity index (χ0v) is 12.2. The van der Waals surface area contributed by atoms with Gasteiger partial charge in [0.2, 0.25) is 0 Å². The van der Waals surface area contributed by atoms with Crippen molar-refractivity contribution in [2.45, 2.75) is 38.6 Å². The first kappa shape index (κ1) is 12.2. The SMILES string of the molecule is Cc1ccc(C(=O)N(CC2CC2)C2CC2)cc1Br. The maximum absolute atomic E-state index is 12.6. The van der Waals surface area contributed by atoms with E-state index in [4.69, 9.17) is 0 Å². The second kappa shape index (κ2) is 4.69. The van der Waals surface area contributed by atoms with Gasteiger partial charge in [-0.1, -0.05) is 22.0 Å². The maximum atomic E-state index is 12.6. The molecular weight excluding hydrogens is 290 g/mol. The molecular formula is C15H18BrNO. The number of hydrogen-bond donors (Lipinski definition) is 0. The van der Waals surface area contributed by atoms with E-state index in [1.807, 2.05) is 25.1 Å². The maximum Gasteiger partial charge on any atom is 0.254 e. The Balaban J connectivity index is 1.79. The lowest BCUT2D eigenvalue weighted by atomic mass is 10.1. The second-order valence-corrected chi connectivity index (χ2v) is 6.45. The van der Waals surface area contributed by atoms with Gasteiger partial charge < -0.3 is 4.90 Å². The molecule has 2 aliphatic carbocycles. The number of amides is 1. The largest absolute Gasteiger partial charge is 0.335 e. The molecule has 2 nitrogen and oxygen atoms in total. The van der Waals surface area contributed by atoms with E-state index in [0.29, 0.717) is 6.04 Å². The van der Waals surface area contributed by atoms with Crippen molar-refractivity contribution in [3.05, 3.63) is 33.8 Å². The van der Waals surface area contributed by atoms with Gasteiger partial charge in [-0.05, 0) is 56.2 Å². The minimum atomic E-state index is 0.213. The van der Waals surface area contributed by atoms with Gasteiger partial charge in [0.15, 0.2) is 0 Å². The van der Waals surface area contributed by atoms with Gasteiger partial charge >= 0.3 is 0 Å². The second-order valence-electron chi connectivity index (χ2n) is 5.60. The summed E-state index contributed by atoms with van der Waals surface area (Å²) in [6, 6.07) is 6.43. The number of carbonyl (C=O) groups is 1. The van der Waals surface area contributed by atoms with Crippen molar-refractivity contribution in [1.29, 1.82) is 0 Å². The topological polar surface area (TPSA) is 20.3 Å². The van der Waals surface area contributed by atoms with E-state index in [0.717, 1.165) is 22.5 Å². The van der Waals surface area contributed by atoms with Crippen LogP contribution in [0.4, 0.5) is 0 Å². The molecule has 18 heavy (non-hydrogen) atoms. The molecule has 0 aromatic heterocycles. The molecule has 2 fully saturated rings. The number of halogens is 1. The molecule has 1 aromatic rings. The van der Waals surface area contributed by atoms with Crippen LogP contribution in [0, 0.1) is 12.8 Å². The van der Waals surface area contributed by atoms with Crippen molar-refractivity contribution in [2.75, 3.05) is 6.54 Å². The Morgan fingerprint density at radius 2 is 2.06 bits per heavy atom. The molecule has 0 heterocycles. The van der Waals surface area contributed by atoms with E-state index in [-0.39, 0.29) is 5.91 Å². The summed E-state index contributed by atoms with van der Waals surface area (Å²) in [7, 11) is 0. The van der Waals surface area contributed by atoms with Crippen LogP contribution in [-0.2, 0) is 0 Å². The zero-order chi connectivity index (χ0) is 12.7. The molecule has 0 aliphatic heterocycles. The highest BCUT2D eigenvalue weighted by atomic mass is 79.9. The Kier molecular flexibility index (Phi) is 3.18. The number of rotatable bonds is 4. The Morgan fingerprint density at radius 3 is 2.61 bits per heavy atom. The van der Waals surface area contributed by atoms with E-state index in [1.54, 1.807) is 0 Å². The quantitative estimate of drug-likeness (QED) is 0.829. The molecule has 96 valence electrons. The Labute approximate surface area is 116 Å². The van der Waals surface area contributed by atoms with Gasteiger partial charge in [0, 0.05) is 22.6 Å². The number of aryl methyl sites for hydroxylation is 1. The number of hydrogen-bond acceptors (Lipinski definition) is 1. The average Bonchev–Trinajstić information content (AvgIpc) is 3.22. The van der Waals surface area contributed by atoms with E-state index in [9.17, 15) is 4.79 Å². The lowest BCUT2D eigenvalue weighted by Crippen LogP contribution is -2.34. The van der Waals surface area contributed by atoms with Crippen LogP contribution in [0.1, 0.15) is 41.6 Å². The van der Waals surface area contributed by atoms with E-state index in [2.05, 4.69) is 20.8 Å². The minimum Gasteiger partial charge on any atom is -0.335 e. The first-order valence-corrected chi connectivity index (χ1v) is 7.51. The van der Waals surface area contributed by atoms with E-state index < -0.39 is 0 Å². The molecule has 0 atom stereocenters. The lowest BCUT2D eigenvalue weighted by molar-refractivity contribution is 0.0734. The van der Waals surface area contributed by atoms with E-state index in [1.165, 1.54) is 31.2 Å². The fourth-order valence-corrected chi connectivity index (χ4v) is 2.63. The summed E-state index contributed by atoms with van der Waals surface area (Å²) in [5.74, 6) is 0.980. The highest BCUT2D eigenvalue weighted by molar-refractivity contribution is 9.10. The molecule has 0 radical (unpaired) electrons. The van der Waals surface area contributed by atoms with Crippen LogP contribution in [0.3, 0.4) is 0 Å². The molecule has 0 spiro atoms. The molecule has 1 aromatic carbocycles. The summed E-state index contributed by atoms with van der Waals surface area (Å²) < 4.78 is 1.02. The van der Waals surface area contributed by atoms with Crippen LogP contribution in [-0.4, -0.2) is 23.4 Å². The molecule has 0 saturated heterocycles. The molecule has 3 heteroatoms. The van der Waals surface area contributed by atoms with Crippen LogP contribution in [0.2, 0.25) is 0 Å². The van der Waals surface area contributed by atoms with Crippen molar-refractivity contribution in [3.63, 3.8) is 0 Å². The normalized spacial score (nSPS) is 18.8. The Hall–Kier alpha value is -0.830. The Bertz CT molecular complexity index is 477. The standard InChI is InChI=1S/C15H18BrNO/c1-10-2-5-12(8-14(10)16)15(18)17(13-6-7-13)9-11-3-4-11/h2,5,8,11,13H,3-4,6-7,9H2,1H3. The minimum absolute atomic E-state index is 0.213. The molecule has 3 rings (SSSR count). The Morgan fingerprint density at radius 1 is 1.33 bits per heavy atom. The summed E-state index contributed by atoms with van der Waals surface area (Å²) >= 11 is 3.51. The highest BCUT2D eigenvalue weighted by Crippen LogP contribution is 2.35. The fourth-order valence-electron chi connectivity index (χ4n) is 2.25. The fraction of sp³-hybridized carbons (Fsp3) is 0.533. The van der Waals surface area contributed by atoms with Crippen molar-refractivity contribution in [2.24, 2.45) is 5.92 Å². The van der Waals surface area contributed by atoms with Crippen molar-refractivity contribution >= 4 is 21.8 Å². The van der Waals surface area contributed by atoms with Crippen molar-refractivity contribution in [1.82, 2.24) is 4.90 Å². The van der Waals surface area contributed by atoms with Gasteiger partial charge in [0.1, 0.15) is 0 Å². The lowest BCUT2D eigenvalue weighted by Gasteiger charge is -2.22. The summed E-state index contributed by atoms with van der Waals surface area (Å²) in [6.45, 7) is 3.01.